The van der Waals surface area contributed by atoms with Crippen LogP contribution in [0.25, 0.3) is 0 Å². The highest BCUT2D eigenvalue weighted by atomic mass is 35.5. The zero-order valence-corrected chi connectivity index (χ0v) is 11.3. The molecule has 0 saturated carbocycles. The molecule has 0 unspecified atom stereocenters. The molecular weight excluding hydrogens is 282 g/mol. The van der Waals surface area contributed by atoms with Gasteiger partial charge < -0.3 is 14.2 Å². The summed E-state index contributed by atoms with van der Waals surface area (Å²) in [5.74, 6) is 0.655. The zero-order valence-electron chi connectivity index (χ0n) is 10.5. The maximum Gasteiger partial charge on any atom is 0.292 e. The number of halogens is 1. The highest BCUT2D eigenvalue weighted by Gasteiger charge is 2.30. The molecule has 0 aromatic carbocycles. The average Bonchev–Trinajstić information content (AvgIpc) is 3.12. The summed E-state index contributed by atoms with van der Waals surface area (Å²) in [5.41, 5.74) is 0. The van der Waals surface area contributed by atoms with Crippen LogP contribution in [-0.2, 0) is 0 Å². The normalized spacial score (nSPS) is 18.2. The van der Waals surface area contributed by atoms with E-state index in [9.17, 15) is 4.79 Å². The number of carbonyl (C=O) groups is 1. The maximum atomic E-state index is 12.1. The van der Waals surface area contributed by atoms with Crippen molar-refractivity contribution < 1.29 is 14.1 Å². The van der Waals surface area contributed by atoms with Crippen LogP contribution in [0, 0.1) is 0 Å². The molecule has 0 bridgehead atoms. The number of hydrogen-bond donors (Lipinski definition) is 0. The molecule has 1 amide bonds. The van der Waals surface area contributed by atoms with Crippen molar-refractivity contribution in [2.24, 2.45) is 0 Å². The zero-order chi connectivity index (χ0) is 13.9. The first kappa shape index (κ1) is 12.9. The standard InChI is InChI=1S/C13H12ClN3O3/c14-10-7-15-4-1-11(10)19-9-3-6-17(8-9)13(18)12-2-5-16-20-12/h1-2,4-5,7,9H,3,6,8H2/t9-/m1/s1. The molecule has 0 N–H and O–H groups in total. The summed E-state index contributed by atoms with van der Waals surface area (Å²) in [6.45, 7) is 1.12. The fourth-order valence-corrected chi connectivity index (χ4v) is 2.29. The molecular formula is C13H12ClN3O3. The van der Waals surface area contributed by atoms with Crippen LogP contribution in [0.2, 0.25) is 5.02 Å². The largest absolute Gasteiger partial charge is 0.487 e. The van der Waals surface area contributed by atoms with Crippen LogP contribution in [0.1, 0.15) is 17.0 Å². The van der Waals surface area contributed by atoms with Gasteiger partial charge in [-0.2, -0.15) is 0 Å². The molecule has 1 aliphatic rings. The molecule has 3 rings (SSSR count). The minimum Gasteiger partial charge on any atom is -0.487 e. The average molecular weight is 294 g/mol. The maximum absolute atomic E-state index is 12.1. The topological polar surface area (TPSA) is 68.5 Å². The second-order valence-corrected chi connectivity index (χ2v) is 4.87. The van der Waals surface area contributed by atoms with Crippen molar-refractivity contribution in [3.8, 4) is 5.75 Å². The third-order valence-electron chi connectivity index (χ3n) is 3.11. The van der Waals surface area contributed by atoms with Gasteiger partial charge in [-0.15, -0.1) is 0 Å². The first-order valence-electron chi connectivity index (χ1n) is 6.20. The van der Waals surface area contributed by atoms with E-state index in [2.05, 4.69) is 10.1 Å². The molecule has 2 aromatic rings. The van der Waals surface area contributed by atoms with Gasteiger partial charge in [-0.25, -0.2) is 0 Å². The van der Waals surface area contributed by atoms with Crippen molar-refractivity contribution in [1.29, 1.82) is 0 Å². The number of ether oxygens (including phenoxy) is 1. The Bertz CT molecular complexity index is 603. The number of amides is 1. The van der Waals surface area contributed by atoms with Crippen LogP contribution in [-0.4, -0.2) is 40.1 Å². The predicted octanol–water partition coefficient (Wildman–Crippen LogP) is 2.02. The van der Waals surface area contributed by atoms with Crippen molar-refractivity contribution in [2.75, 3.05) is 13.1 Å². The SMILES string of the molecule is O=C(c1ccno1)N1CC[C@@H](Oc2ccncc2Cl)C1. The number of carbonyl (C=O) groups excluding carboxylic acids is 1. The molecule has 20 heavy (non-hydrogen) atoms. The van der Waals surface area contributed by atoms with E-state index in [0.29, 0.717) is 23.9 Å². The van der Waals surface area contributed by atoms with Gasteiger partial charge in [0.1, 0.15) is 16.9 Å². The Morgan fingerprint density at radius 3 is 3.10 bits per heavy atom. The van der Waals surface area contributed by atoms with E-state index in [-0.39, 0.29) is 17.8 Å². The van der Waals surface area contributed by atoms with Crippen LogP contribution in [0.4, 0.5) is 0 Å². The number of aromatic nitrogens is 2. The fraction of sp³-hybridized carbons (Fsp3) is 0.308. The lowest BCUT2D eigenvalue weighted by Crippen LogP contribution is -2.30. The Hall–Kier alpha value is -2.08. The highest BCUT2D eigenvalue weighted by Crippen LogP contribution is 2.26. The Labute approximate surface area is 120 Å². The summed E-state index contributed by atoms with van der Waals surface area (Å²) in [6, 6.07) is 3.26. The van der Waals surface area contributed by atoms with E-state index in [1.807, 2.05) is 0 Å². The third kappa shape index (κ3) is 2.60. The van der Waals surface area contributed by atoms with Crippen LogP contribution in [0.3, 0.4) is 0 Å². The molecule has 1 fully saturated rings. The molecule has 0 radical (unpaired) electrons. The van der Waals surface area contributed by atoms with Crippen molar-refractivity contribution in [1.82, 2.24) is 15.0 Å². The molecule has 7 heteroatoms. The Morgan fingerprint density at radius 2 is 2.35 bits per heavy atom. The van der Waals surface area contributed by atoms with Crippen molar-refractivity contribution in [3.05, 3.63) is 41.5 Å². The van der Waals surface area contributed by atoms with Crippen molar-refractivity contribution >= 4 is 17.5 Å². The van der Waals surface area contributed by atoms with Crippen LogP contribution < -0.4 is 4.74 Å². The Balaban J connectivity index is 1.63. The first-order valence-corrected chi connectivity index (χ1v) is 6.58. The van der Waals surface area contributed by atoms with Crippen LogP contribution in [0.15, 0.2) is 35.2 Å². The smallest absolute Gasteiger partial charge is 0.292 e. The van der Waals surface area contributed by atoms with Crippen LogP contribution >= 0.6 is 11.6 Å². The number of likely N-dealkylation sites (tertiary alicyclic amines) is 1. The molecule has 104 valence electrons. The summed E-state index contributed by atoms with van der Waals surface area (Å²) in [7, 11) is 0. The molecule has 1 aliphatic heterocycles. The molecule has 6 nitrogen and oxygen atoms in total. The summed E-state index contributed by atoms with van der Waals surface area (Å²) in [4.78, 5) is 17.7. The quantitative estimate of drug-likeness (QED) is 0.866. The summed E-state index contributed by atoms with van der Waals surface area (Å²) >= 11 is 5.99. The molecule has 1 saturated heterocycles. The Morgan fingerprint density at radius 1 is 1.45 bits per heavy atom. The second kappa shape index (κ2) is 5.50. The molecule has 0 aliphatic carbocycles. The second-order valence-electron chi connectivity index (χ2n) is 4.46. The molecule has 1 atom stereocenters. The summed E-state index contributed by atoms with van der Waals surface area (Å²) in [5, 5.41) is 4.00. The van der Waals surface area contributed by atoms with Crippen LogP contribution in [0.5, 0.6) is 5.75 Å². The van der Waals surface area contributed by atoms with Gasteiger partial charge in [0.25, 0.3) is 5.91 Å². The van der Waals surface area contributed by atoms with Crippen molar-refractivity contribution in [3.63, 3.8) is 0 Å². The van der Waals surface area contributed by atoms with Gasteiger partial charge in [-0.1, -0.05) is 16.8 Å². The van der Waals surface area contributed by atoms with Gasteiger partial charge >= 0.3 is 0 Å². The first-order chi connectivity index (χ1) is 9.74. The van der Waals surface area contributed by atoms with Gasteiger partial charge in [-0.05, 0) is 0 Å². The summed E-state index contributed by atoms with van der Waals surface area (Å²) < 4.78 is 10.7. The molecule has 2 aromatic heterocycles. The minimum absolute atomic E-state index is 0.0817. The number of rotatable bonds is 3. The van der Waals surface area contributed by atoms with Gasteiger partial charge in [0, 0.05) is 37.5 Å². The number of nitrogens with zero attached hydrogens (tertiary/aromatic N) is 3. The fourth-order valence-electron chi connectivity index (χ4n) is 2.13. The van der Waals surface area contributed by atoms with E-state index in [0.717, 1.165) is 6.42 Å². The third-order valence-corrected chi connectivity index (χ3v) is 3.39. The van der Waals surface area contributed by atoms with Crippen molar-refractivity contribution in [2.45, 2.75) is 12.5 Å². The Kier molecular flexibility index (Phi) is 3.56. The van der Waals surface area contributed by atoms with Gasteiger partial charge in [0.05, 0.1) is 12.7 Å². The van der Waals surface area contributed by atoms with E-state index >= 15 is 0 Å². The van der Waals surface area contributed by atoms with Gasteiger partial charge in [0.15, 0.2) is 0 Å². The van der Waals surface area contributed by atoms with E-state index < -0.39 is 0 Å². The monoisotopic (exact) mass is 293 g/mol. The summed E-state index contributed by atoms with van der Waals surface area (Å²) in [6.07, 6.45) is 5.27. The van der Waals surface area contributed by atoms with E-state index in [1.54, 1.807) is 23.2 Å². The number of pyridine rings is 1. The van der Waals surface area contributed by atoms with E-state index in [4.69, 9.17) is 20.9 Å². The lowest BCUT2D eigenvalue weighted by atomic mass is 10.3. The van der Waals surface area contributed by atoms with Gasteiger partial charge in [-0.3, -0.25) is 9.78 Å². The highest BCUT2D eigenvalue weighted by molar-refractivity contribution is 6.31. The lowest BCUT2D eigenvalue weighted by molar-refractivity contribution is 0.0731. The molecule has 0 spiro atoms. The number of hydrogen-bond acceptors (Lipinski definition) is 5. The lowest BCUT2D eigenvalue weighted by Gasteiger charge is -2.16. The predicted molar refractivity (Wildman–Crippen MR) is 70.7 cm³/mol. The van der Waals surface area contributed by atoms with Gasteiger partial charge in [0.2, 0.25) is 5.76 Å². The molecule has 3 heterocycles. The van der Waals surface area contributed by atoms with E-state index in [1.165, 1.54) is 12.4 Å². The minimum atomic E-state index is -0.172.